The molecule has 0 bridgehead atoms. The number of nitrogens with zero attached hydrogens (tertiary/aromatic N) is 2. The number of carbonyl (C=O) groups excluding carboxylic acids is 1. The van der Waals surface area contributed by atoms with E-state index < -0.39 is 0 Å². The number of carbonyl (C=O) groups is 1. The number of piperidine rings is 1. The average molecular weight is 432 g/mol. The quantitative estimate of drug-likeness (QED) is 0.777. The maximum absolute atomic E-state index is 12.5. The van der Waals surface area contributed by atoms with Gasteiger partial charge in [0.25, 0.3) is 5.91 Å². The zero-order valence-corrected chi connectivity index (χ0v) is 17.3. The fourth-order valence-corrected chi connectivity index (χ4v) is 4.50. The Morgan fingerprint density at radius 1 is 1.19 bits per heavy atom. The van der Waals surface area contributed by atoms with E-state index in [-0.39, 0.29) is 11.9 Å². The molecule has 0 saturated carbocycles. The molecule has 1 amide bonds. The zero-order valence-electron chi connectivity index (χ0n) is 15.7. The first-order valence-corrected chi connectivity index (χ1v) is 10.5. The summed E-state index contributed by atoms with van der Waals surface area (Å²) < 4.78 is 5.96. The predicted octanol–water partition coefficient (Wildman–Crippen LogP) is 3.99. The van der Waals surface area contributed by atoms with Gasteiger partial charge in [0.05, 0.1) is 6.04 Å². The lowest BCUT2D eigenvalue weighted by Crippen LogP contribution is -2.40. The molecule has 27 heavy (non-hydrogen) atoms. The van der Waals surface area contributed by atoms with Crippen molar-refractivity contribution in [2.45, 2.75) is 31.7 Å². The molecule has 2 aliphatic heterocycles. The van der Waals surface area contributed by atoms with Crippen LogP contribution in [-0.2, 0) is 6.42 Å². The van der Waals surface area contributed by atoms with Crippen molar-refractivity contribution in [3.05, 3.63) is 51.9 Å². The Labute approximate surface area is 168 Å². The molecule has 0 spiro atoms. The predicted molar refractivity (Wildman–Crippen MR) is 110 cm³/mol. The van der Waals surface area contributed by atoms with E-state index in [9.17, 15) is 4.79 Å². The van der Waals surface area contributed by atoms with Crippen molar-refractivity contribution in [1.29, 1.82) is 0 Å². The molecule has 1 aromatic carbocycles. The van der Waals surface area contributed by atoms with Gasteiger partial charge >= 0.3 is 0 Å². The Kier molecular flexibility index (Phi) is 5.55. The topological polar surface area (TPSA) is 48.7 Å². The lowest BCUT2D eigenvalue weighted by Gasteiger charge is -2.35. The first kappa shape index (κ1) is 18.6. The summed E-state index contributed by atoms with van der Waals surface area (Å²) in [5.74, 6) is 0.179. The van der Waals surface area contributed by atoms with Gasteiger partial charge in [-0.1, -0.05) is 18.6 Å². The summed E-state index contributed by atoms with van der Waals surface area (Å²) >= 11 is 3.25. The van der Waals surface area contributed by atoms with Crippen LogP contribution in [0, 0.1) is 0 Å². The van der Waals surface area contributed by atoms with Gasteiger partial charge in [0, 0.05) is 25.8 Å². The van der Waals surface area contributed by atoms with Crippen molar-refractivity contribution in [3.8, 4) is 0 Å². The fraction of sp³-hybridized carbons (Fsp3) is 0.476. The lowest BCUT2D eigenvalue weighted by molar-refractivity contribution is 0.0896. The molecule has 6 heteroatoms. The molecule has 4 rings (SSSR count). The van der Waals surface area contributed by atoms with E-state index >= 15 is 0 Å². The minimum Gasteiger partial charge on any atom is -0.444 e. The van der Waals surface area contributed by atoms with Gasteiger partial charge in [-0.3, -0.25) is 9.69 Å². The highest BCUT2D eigenvalue weighted by atomic mass is 79.9. The number of hydrogen-bond acceptors (Lipinski definition) is 4. The summed E-state index contributed by atoms with van der Waals surface area (Å²) in [6, 6.07) is 10.4. The van der Waals surface area contributed by atoms with Crippen LogP contribution in [0.4, 0.5) is 5.69 Å². The molecular formula is C21H26BrN3O2. The minimum absolute atomic E-state index is 0.163. The van der Waals surface area contributed by atoms with Crippen molar-refractivity contribution in [3.63, 3.8) is 0 Å². The van der Waals surface area contributed by atoms with Gasteiger partial charge in [-0.15, -0.1) is 0 Å². The van der Waals surface area contributed by atoms with Gasteiger partial charge < -0.3 is 14.6 Å². The van der Waals surface area contributed by atoms with E-state index in [1.807, 2.05) is 0 Å². The number of likely N-dealkylation sites (tertiary alicyclic amines) is 1. The maximum Gasteiger partial charge on any atom is 0.287 e. The first-order chi connectivity index (χ1) is 13.1. The highest BCUT2D eigenvalue weighted by Crippen LogP contribution is 2.32. The maximum atomic E-state index is 12.5. The second-order valence-electron chi connectivity index (χ2n) is 7.49. The van der Waals surface area contributed by atoms with Crippen molar-refractivity contribution in [2.24, 2.45) is 0 Å². The molecule has 2 aliphatic rings. The number of halogens is 1. The Morgan fingerprint density at radius 2 is 2.00 bits per heavy atom. The van der Waals surface area contributed by atoms with Crippen LogP contribution in [0.5, 0.6) is 0 Å². The Hall–Kier alpha value is -1.79. The van der Waals surface area contributed by atoms with Crippen LogP contribution in [0.3, 0.4) is 0 Å². The Bertz CT molecular complexity index is 814. The molecule has 0 radical (unpaired) electrons. The second-order valence-corrected chi connectivity index (χ2v) is 8.27. The van der Waals surface area contributed by atoms with E-state index in [1.54, 1.807) is 12.1 Å². The summed E-state index contributed by atoms with van der Waals surface area (Å²) in [4.78, 5) is 17.3. The number of hydrogen-bond donors (Lipinski definition) is 1. The Morgan fingerprint density at radius 3 is 2.74 bits per heavy atom. The van der Waals surface area contributed by atoms with Gasteiger partial charge in [-0.25, -0.2) is 0 Å². The number of rotatable bonds is 5. The van der Waals surface area contributed by atoms with Crippen LogP contribution >= 0.6 is 15.9 Å². The summed E-state index contributed by atoms with van der Waals surface area (Å²) in [7, 11) is 2.15. The summed E-state index contributed by atoms with van der Waals surface area (Å²) in [6.07, 6.45) is 4.84. The van der Waals surface area contributed by atoms with Crippen molar-refractivity contribution in [1.82, 2.24) is 10.2 Å². The van der Waals surface area contributed by atoms with Gasteiger partial charge in [0.2, 0.25) is 0 Å². The molecule has 1 fully saturated rings. The van der Waals surface area contributed by atoms with Crippen molar-refractivity contribution >= 4 is 27.5 Å². The number of likely N-dealkylation sites (N-methyl/N-ethyl adjacent to an activating group) is 1. The highest BCUT2D eigenvalue weighted by Gasteiger charge is 2.25. The molecule has 1 aromatic heterocycles. The van der Waals surface area contributed by atoms with Crippen LogP contribution in [-0.4, -0.2) is 44.0 Å². The Balaban J connectivity index is 1.53. The summed E-state index contributed by atoms with van der Waals surface area (Å²) in [5.41, 5.74) is 4.05. The third-order valence-corrected chi connectivity index (χ3v) is 6.13. The van der Waals surface area contributed by atoms with Gasteiger partial charge in [0.1, 0.15) is 0 Å². The van der Waals surface area contributed by atoms with Crippen molar-refractivity contribution < 1.29 is 9.21 Å². The number of benzene rings is 1. The van der Waals surface area contributed by atoms with Crippen LogP contribution < -0.4 is 10.2 Å². The molecule has 1 N–H and O–H groups in total. The van der Waals surface area contributed by atoms with Crippen LogP contribution in [0.25, 0.3) is 0 Å². The minimum atomic E-state index is -0.163. The number of nitrogens with one attached hydrogen (secondary N) is 1. The fourth-order valence-electron chi connectivity index (χ4n) is 4.19. The van der Waals surface area contributed by atoms with Crippen molar-refractivity contribution in [2.75, 3.05) is 38.1 Å². The lowest BCUT2D eigenvalue weighted by atomic mass is 9.98. The van der Waals surface area contributed by atoms with E-state index in [1.165, 1.54) is 36.1 Å². The number of anilines is 1. The van der Waals surface area contributed by atoms with E-state index in [0.29, 0.717) is 17.0 Å². The van der Waals surface area contributed by atoms with Crippen LogP contribution in [0.2, 0.25) is 0 Å². The molecule has 5 nitrogen and oxygen atoms in total. The third kappa shape index (κ3) is 4.06. The van der Waals surface area contributed by atoms with Gasteiger partial charge in [-0.05, 0) is 77.6 Å². The molecule has 2 aromatic rings. The van der Waals surface area contributed by atoms with Gasteiger partial charge in [0.15, 0.2) is 10.4 Å². The summed E-state index contributed by atoms with van der Waals surface area (Å²) in [6.45, 7) is 3.84. The summed E-state index contributed by atoms with van der Waals surface area (Å²) in [5, 5.41) is 3.08. The zero-order chi connectivity index (χ0) is 18.8. The normalized spacial score (nSPS) is 18.4. The van der Waals surface area contributed by atoms with Gasteiger partial charge in [-0.2, -0.15) is 0 Å². The molecule has 144 valence electrons. The highest BCUT2D eigenvalue weighted by molar-refractivity contribution is 9.10. The molecule has 1 saturated heterocycles. The van der Waals surface area contributed by atoms with Crippen LogP contribution in [0.15, 0.2) is 39.4 Å². The number of amides is 1. The number of fused-ring (bicyclic) bond motifs is 1. The molecule has 0 aliphatic carbocycles. The standard InChI is InChI=1S/C21H26BrN3O2/c1-24-12-9-16-13-15(5-6-17(16)24)18(25-10-3-2-4-11-25)14-23-21(26)19-7-8-20(22)27-19/h5-8,13,18H,2-4,9-12,14H2,1H3,(H,23,26)/t18-/m0/s1. The van der Waals surface area contributed by atoms with E-state index in [2.05, 4.69) is 56.3 Å². The monoisotopic (exact) mass is 431 g/mol. The van der Waals surface area contributed by atoms with Crippen LogP contribution in [0.1, 0.15) is 47.0 Å². The largest absolute Gasteiger partial charge is 0.444 e. The second kappa shape index (κ2) is 8.07. The molecule has 0 unspecified atom stereocenters. The third-order valence-electron chi connectivity index (χ3n) is 5.70. The molecule has 1 atom stereocenters. The van der Waals surface area contributed by atoms with E-state index in [0.717, 1.165) is 26.1 Å². The molecular weight excluding hydrogens is 406 g/mol. The molecule has 3 heterocycles. The average Bonchev–Trinajstić information content (AvgIpc) is 3.29. The SMILES string of the molecule is CN1CCc2cc([C@H](CNC(=O)c3ccc(Br)o3)N3CCCCC3)ccc21. The number of furan rings is 1. The van der Waals surface area contributed by atoms with E-state index in [4.69, 9.17) is 4.42 Å². The first-order valence-electron chi connectivity index (χ1n) is 9.73. The smallest absolute Gasteiger partial charge is 0.287 e.